The molecule has 13 heavy (non-hydrogen) atoms. The van der Waals surface area contributed by atoms with E-state index in [2.05, 4.69) is 25.1 Å². The van der Waals surface area contributed by atoms with Crippen LogP contribution in [0, 0.1) is 23.7 Å². The molecule has 1 aliphatic carbocycles. The van der Waals surface area contributed by atoms with Gasteiger partial charge in [0.1, 0.15) is 0 Å². The van der Waals surface area contributed by atoms with Crippen molar-refractivity contribution in [2.24, 2.45) is 11.3 Å². The summed E-state index contributed by atoms with van der Waals surface area (Å²) < 4.78 is 0. The van der Waals surface area contributed by atoms with E-state index in [0.29, 0.717) is 11.5 Å². The summed E-state index contributed by atoms with van der Waals surface area (Å²) in [6.45, 7) is 4.73. The van der Waals surface area contributed by atoms with Crippen LogP contribution in [0.2, 0.25) is 0 Å². The molecule has 1 saturated carbocycles. The highest BCUT2D eigenvalue weighted by molar-refractivity contribution is 4.98. The molecule has 0 saturated heterocycles. The molecule has 1 N–H and O–H groups in total. The Morgan fingerprint density at radius 1 is 1.62 bits per heavy atom. The number of hydrogen-bond donors (Lipinski definition) is 1. The largest absolute Gasteiger partial charge is 0.316 e. The fraction of sp³-hybridized carbons (Fsp3) is 0.833. The Labute approximate surface area is 82.3 Å². The number of hydrogen-bond acceptors (Lipinski definition) is 1. The molecule has 0 radical (unpaired) electrons. The van der Waals surface area contributed by atoms with Crippen molar-refractivity contribution < 1.29 is 0 Å². The molecule has 1 fully saturated rings. The quantitative estimate of drug-likeness (QED) is 0.656. The van der Waals surface area contributed by atoms with Crippen molar-refractivity contribution in [1.29, 1.82) is 0 Å². The second-order valence-electron chi connectivity index (χ2n) is 4.79. The van der Waals surface area contributed by atoms with E-state index in [4.69, 9.17) is 6.42 Å². The monoisotopic (exact) mass is 179 g/mol. The lowest BCUT2D eigenvalue weighted by molar-refractivity contribution is 0.204. The molecular weight excluding hydrogens is 158 g/mol. The van der Waals surface area contributed by atoms with Crippen LogP contribution in [-0.4, -0.2) is 13.1 Å². The highest BCUT2D eigenvalue weighted by Crippen LogP contribution is 2.44. The SMILES string of the molecule is C#CCC(NC)C1CCCC1(C)C. The van der Waals surface area contributed by atoms with Gasteiger partial charge < -0.3 is 5.32 Å². The lowest BCUT2D eigenvalue weighted by Gasteiger charge is -2.33. The number of nitrogens with one attached hydrogen (secondary N) is 1. The van der Waals surface area contributed by atoms with E-state index >= 15 is 0 Å². The smallest absolute Gasteiger partial charge is 0.0243 e. The van der Waals surface area contributed by atoms with E-state index in [1.54, 1.807) is 0 Å². The molecule has 2 unspecified atom stereocenters. The standard InChI is InChI=1S/C12H21N/c1-5-7-11(13-4)10-8-6-9-12(10,2)3/h1,10-11,13H,6-9H2,2-4H3. The van der Waals surface area contributed by atoms with Crippen molar-refractivity contribution in [3.05, 3.63) is 0 Å². The first-order chi connectivity index (χ1) is 6.11. The third-order valence-corrected chi connectivity index (χ3v) is 3.53. The zero-order valence-corrected chi connectivity index (χ0v) is 9.06. The summed E-state index contributed by atoms with van der Waals surface area (Å²) in [6, 6.07) is 0.516. The molecule has 0 aromatic heterocycles. The first-order valence-electron chi connectivity index (χ1n) is 5.22. The predicted octanol–water partition coefficient (Wildman–Crippen LogP) is 2.42. The average Bonchev–Trinajstić information content (AvgIpc) is 2.41. The van der Waals surface area contributed by atoms with Crippen molar-refractivity contribution in [2.75, 3.05) is 7.05 Å². The topological polar surface area (TPSA) is 12.0 Å². The van der Waals surface area contributed by atoms with Crippen molar-refractivity contribution in [2.45, 2.75) is 45.6 Å². The predicted molar refractivity (Wildman–Crippen MR) is 57.4 cm³/mol. The van der Waals surface area contributed by atoms with E-state index < -0.39 is 0 Å². The Balaban J connectivity index is 2.63. The van der Waals surface area contributed by atoms with Gasteiger partial charge in [-0.1, -0.05) is 20.3 Å². The molecule has 0 aromatic carbocycles. The van der Waals surface area contributed by atoms with E-state index in [-0.39, 0.29) is 0 Å². The summed E-state index contributed by atoms with van der Waals surface area (Å²) in [5.41, 5.74) is 0.477. The summed E-state index contributed by atoms with van der Waals surface area (Å²) in [7, 11) is 2.02. The van der Waals surface area contributed by atoms with E-state index in [1.807, 2.05) is 7.05 Å². The van der Waals surface area contributed by atoms with Gasteiger partial charge in [-0.25, -0.2) is 0 Å². The fourth-order valence-corrected chi connectivity index (χ4v) is 2.67. The van der Waals surface area contributed by atoms with Crippen LogP contribution in [0.5, 0.6) is 0 Å². The molecule has 1 rings (SSSR count). The summed E-state index contributed by atoms with van der Waals surface area (Å²) in [6.07, 6.45) is 10.3. The lowest BCUT2D eigenvalue weighted by atomic mass is 9.77. The van der Waals surface area contributed by atoms with Crippen LogP contribution in [0.1, 0.15) is 39.5 Å². The molecule has 1 aliphatic rings. The summed E-state index contributed by atoms with van der Waals surface area (Å²) in [4.78, 5) is 0. The van der Waals surface area contributed by atoms with Crippen molar-refractivity contribution in [1.82, 2.24) is 5.32 Å². The van der Waals surface area contributed by atoms with Gasteiger partial charge in [0, 0.05) is 12.5 Å². The van der Waals surface area contributed by atoms with Gasteiger partial charge in [0.25, 0.3) is 0 Å². The Kier molecular flexibility index (Phi) is 3.39. The highest BCUT2D eigenvalue weighted by Gasteiger charge is 2.38. The molecule has 0 bridgehead atoms. The molecule has 1 nitrogen and oxygen atoms in total. The number of terminal acetylenes is 1. The van der Waals surface area contributed by atoms with Gasteiger partial charge in [0.15, 0.2) is 0 Å². The minimum atomic E-state index is 0.477. The van der Waals surface area contributed by atoms with Crippen LogP contribution in [-0.2, 0) is 0 Å². The Morgan fingerprint density at radius 3 is 2.69 bits per heavy atom. The second kappa shape index (κ2) is 4.15. The molecule has 1 heteroatoms. The third-order valence-electron chi connectivity index (χ3n) is 3.53. The van der Waals surface area contributed by atoms with Crippen molar-refractivity contribution in [3.8, 4) is 12.3 Å². The van der Waals surface area contributed by atoms with E-state index in [1.165, 1.54) is 19.3 Å². The lowest BCUT2D eigenvalue weighted by Crippen LogP contribution is -2.38. The Hall–Kier alpha value is -0.480. The van der Waals surface area contributed by atoms with Gasteiger partial charge in [-0.05, 0) is 31.2 Å². The van der Waals surface area contributed by atoms with Crippen LogP contribution < -0.4 is 5.32 Å². The minimum absolute atomic E-state index is 0.477. The molecule has 2 atom stereocenters. The minimum Gasteiger partial charge on any atom is -0.316 e. The van der Waals surface area contributed by atoms with Gasteiger partial charge in [-0.2, -0.15) is 0 Å². The molecule has 0 amide bonds. The first-order valence-corrected chi connectivity index (χ1v) is 5.22. The second-order valence-corrected chi connectivity index (χ2v) is 4.79. The van der Waals surface area contributed by atoms with Gasteiger partial charge in [0.05, 0.1) is 0 Å². The third kappa shape index (κ3) is 2.25. The van der Waals surface area contributed by atoms with Gasteiger partial charge in [-0.3, -0.25) is 0 Å². The van der Waals surface area contributed by atoms with Gasteiger partial charge >= 0.3 is 0 Å². The van der Waals surface area contributed by atoms with Crippen molar-refractivity contribution >= 4 is 0 Å². The average molecular weight is 179 g/mol. The zero-order valence-electron chi connectivity index (χ0n) is 9.06. The molecule has 0 aliphatic heterocycles. The summed E-state index contributed by atoms with van der Waals surface area (Å²) >= 11 is 0. The first kappa shape index (κ1) is 10.6. The molecule has 0 heterocycles. The van der Waals surface area contributed by atoms with Crippen LogP contribution in [0.15, 0.2) is 0 Å². The van der Waals surface area contributed by atoms with Crippen LogP contribution in [0.3, 0.4) is 0 Å². The molecule has 74 valence electrons. The highest BCUT2D eigenvalue weighted by atomic mass is 14.9. The van der Waals surface area contributed by atoms with Crippen molar-refractivity contribution in [3.63, 3.8) is 0 Å². The molecule has 0 spiro atoms. The summed E-state index contributed by atoms with van der Waals surface area (Å²) in [5, 5.41) is 3.36. The Bertz CT molecular complexity index is 200. The van der Waals surface area contributed by atoms with Gasteiger partial charge in [0.2, 0.25) is 0 Å². The molecule has 0 aromatic rings. The maximum atomic E-state index is 5.37. The van der Waals surface area contributed by atoms with Crippen LogP contribution in [0.25, 0.3) is 0 Å². The van der Waals surface area contributed by atoms with Gasteiger partial charge in [-0.15, -0.1) is 12.3 Å². The maximum Gasteiger partial charge on any atom is 0.0243 e. The van der Waals surface area contributed by atoms with Crippen LogP contribution >= 0.6 is 0 Å². The summed E-state index contributed by atoms with van der Waals surface area (Å²) in [5.74, 6) is 3.53. The van der Waals surface area contributed by atoms with E-state index in [0.717, 1.165) is 12.3 Å². The zero-order chi connectivity index (χ0) is 9.90. The van der Waals surface area contributed by atoms with E-state index in [9.17, 15) is 0 Å². The number of rotatable bonds is 3. The molecular formula is C12H21N. The fourth-order valence-electron chi connectivity index (χ4n) is 2.67. The maximum absolute atomic E-state index is 5.37. The normalized spacial score (nSPS) is 28.3. The van der Waals surface area contributed by atoms with Crippen LogP contribution in [0.4, 0.5) is 0 Å². The Morgan fingerprint density at radius 2 is 2.31 bits per heavy atom.